The standard InChI is InChI=1S/C16H21NO6/c1-21-13-11-22-8-7-16(13,9-14(18)19)17-15(20)23-10-12-5-3-2-4-6-12/h2-6,13H,7-11H2,1H3,(H,17,20)(H,18,19). The van der Waals surface area contributed by atoms with Gasteiger partial charge in [0.15, 0.2) is 0 Å². The van der Waals surface area contributed by atoms with Crippen LogP contribution in [0.5, 0.6) is 0 Å². The van der Waals surface area contributed by atoms with E-state index >= 15 is 0 Å². The molecule has 1 heterocycles. The fourth-order valence-corrected chi connectivity index (χ4v) is 2.68. The molecule has 1 saturated heterocycles. The lowest BCUT2D eigenvalue weighted by atomic mass is 9.84. The summed E-state index contributed by atoms with van der Waals surface area (Å²) in [6.07, 6.45) is -1.12. The third-order valence-electron chi connectivity index (χ3n) is 3.89. The van der Waals surface area contributed by atoms with Gasteiger partial charge in [0.2, 0.25) is 0 Å². The Bertz CT molecular complexity index is 535. The second-order valence-electron chi connectivity index (χ2n) is 5.46. The minimum atomic E-state index is -1.04. The van der Waals surface area contributed by atoms with Crippen molar-refractivity contribution >= 4 is 12.1 Å². The Labute approximate surface area is 134 Å². The monoisotopic (exact) mass is 323 g/mol. The van der Waals surface area contributed by atoms with Crippen molar-refractivity contribution in [2.24, 2.45) is 0 Å². The summed E-state index contributed by atoms with van der Waals surface area (Å²) in [6, 6.07) is 9.25. The number of benzene rings is 1. The molecule has 2 N–H and O–H groups in total. The number of ether oxygens (including phenoxy) is 3. The maximum atomic E-state index is 12.1. The van der Waals surface area contributed by atoms with Crippen LogP contribution in [-0.4, -0.2) is 49.1 Å². The van der Waals surface area contributed by atoms with Crippen molar-refractivity contribution in [3.8, 4) is 0 Å². The molecule has 0 aromatic heterocycles. The lowest BCUT2D eigenvalue weighted by Gasteiger charge is -2.42. The minimum absolute atomic E-state index is 0.115. The van der Waals surface area contributed by atoms with Crippen LogP contribution < -0.4 is 5.32 Å². The topological polar surface area (TPSA) is 94.1 Å². The zero-order valence-corrected chi connectivity index (χ0v) is 13.0. The number of alkyl carbamates (subject to hydrolysis) is 1. The van der Waals surface area contributed by atoms with E-state index in [9.17, 15) is 14.7 Å². The van der Waals surface area contributed by atoms with E-state index < -0.39 is 23.7 Å². The van der Waals surface area contributed by atoms with Gasteiger partial charge in [-0.15, -0.1) is 0 Å². The lowest BCUT2D eigenvalue weighted by molar-refractivity contribution is -0.145. The van der Waals surface area contributed by atoms with E-state index in [1.54, 1.807) is 0 Å². The molecule has 1 amide bonds. The number of methoxy groups -OCH3 is 1. The first-order chi connectivity index (χ1) is 11.1. The molecule has 23 heavy (non-hydrogen) atoms. The normalized spacial score (nSPS) is 24.0. The Hall–Kier alpha value is -2.12. The number of amides is 1. The summed E-state index contributed by atoms with van der Waals surface area (Å²) in [4.78, 5) is 23.3. The van der Waals surface area contributed by atoms with Crippen LogP contribution in [0.15, 0.2) is 30.3 Å². The molecule has 7 heteroatoms. The highest BCUT2D eigenvalue weighted by Crippen LogP contribution is 2.27. The van der Waals surface area contributed by atoms with E-state index in [4.69, 9.17) is 14.2 Å². The van der Waals surface area contributed by atoms with Crippen molar-refractivity contribution in [2.75, 3.05) is 20.3 Å². The third kappa shape index (κ3) is 4.67. The highest BCUT2D eigenvalue weighted by Gasteiger charge is 2.45. The molecule has 0 aliphatic carbocycles. The first-order valence-corrected chi connectivity index (χ1v) is 7.37. The van der Waals surface area contributed by atoms with Gasteiger partial charge in [0.1, 0.15) is 12.7 Å². The van der Waals surface area contributed by atoms with E-state index in [2.05, 4.69) is 5.32 Å². The SMILES string of the molecule is COC1COCCC1(CC(=O)O)NC(=O)OCc1ccccc1. The Kier molecular flexibility index (Phi) is 5.95. The molecule has 1 fully saturated rings. The van der Waals surface area contributed by atoms with Crippen LogP contribution in [0, 0.1) is 0 Å². The Morgan fingerprint density at radius 1 is 1.39 bits per heavy atom. The summed E-state index contributed by atoms with van der Waals surface area (Å²) in [5.41, 5.74) is -0.183. The van der Waals surface area contributed by atoms with E-state index in [0.717, 1.165) is 5.56 Å². The molecular formula is C16H21NO6. The van der Waals surface area contributed by atoms with Crippen molar-refractivity contribution in [3.05, 3.63) is 35.9 Å². The van der Waals surface area contributed by atoms with Crippen LogP contribution in [0.3, 0.4) is 0 Å². The summed E-state index contributed by atoms with van der Waals surface area (Å²) in [6.45, 7) is 0.693. The summed E-state index contributed by atoms with van der Waals surface area (Å²) < 4.78 is 15.8. The number of carbonyl (C=O) groups excluding carboxylic acids is 1. The number of aliphatic carboxylic acids is 1. The van der Waals surface area contributed by atoms with E-state index in [0.29, 0.717) is 13.0 Å². The average molecular weight is 323 g/mol. The number of hydrogen-bond acceptors (Lipinski definition) is 5. The molecule has 2 atom stereocenters. The summed E-state index contributed by atoms with van der Waals surface area (Å²) in [5, 5.41) is 11.9. The Balaban J connectivity index is 2.01. The van der Waals surface area contributed by atoms with Gasteiger partial charge >= 0.3 is 12.1 Å². The molecule has 2 unspecified atom stereocenters. The second kappa shape index (κ2) is 7.94. The lowest BCUT2D eigenvalue weighted by Crippen LogP contribution is -2.62. The number of nitrogens with one attached hydrogen (secondary N) is 1. The zero-order chi connectivity index (χ0) is 16.7. The highest BCUT2D eigenvalue weighted by molar-refractivity contribution is 5.73. The highest BCUT2D eigenvalue weighted by atomic mass is 16.6. The van der Waals surface area contributed by atoms with Gasteiger partial charge in [-0.25, -0.2) is 4.79 Å². The van der Waals surface area contributed by atoms with E-state index in [1.807, 2.05) is 30.3 Å². The molecule has 1 aromatic carbocycles. The van der Waals surface area contributed by atoms with Crippen molar-refractivity contribution in [1.29, 1.82) is 0 Å². The van der Waals surface area contributed by atoms with Crippen LogP contribution in [-0.2, 0) is 25.6 Å². The van der Waals surface area contributed by atoms with Gasteiger partial charge in [0.05, 0.1) is 18.6 Å². The largest absolute Gasteiger partial charge is 0.481 e. The molecule has 126 valence electrons. The number of hydrogen-bond donors (Lipinski definition) is 2. The van der Waals surface area contributed by atoms with E-state index in [1.165, 1.54) is 7.11 Å². The smallest absolute Gasteiger partial charge is 0.408 e. The van der Waals surface area contributed by atoms with Crippen LogP contribution in [0.1, 0.15) is 18.4 Å². The van der Waals surface area contributed by atoms with Crippen molar-refractivity contribution in [2.45, 2.75) is 31.1 Å². The van der Waals surface area contributed by atoms with Gasteiger partial charge in [-0.2, -0.15) is 0 Å². The molecule has 0 bridgehead atoms. The second-order valence-corrected chi connectivity index (χ2v) is 5.46. The molecule has 1 aliphatic heterocycles. The molecule has 0 saturated carbocycles. The van der Waals surface area contributed by atoms with Gasteiger partial charge < -0.3 is 24.6 Å². The first kappa shape index (κ1) is 17.2. The predicted octanol–water partition coefficient (Wildman–Crippen LogP) is 1.56. The Morgan fingerprint density at radius 3 is 2.78 bits per heavy atom. The number of rotatable bonds is 6. The Morgan fingerprint density at radius 2 is 2.13 bits per heavy atom. The zero-order valence-electron chi connectivity index (χ0n) is 13.0. The van der Waals surface area contributed by atoms with Gasteiger partial charge in [0.25, 0.3) is 0 Å². The van der Waals surface area contributed by atoms with Gasteiger partial charge in [-0.1, -0.05) is 30.3 Å². The van der Waals surface area contributed by atoms with Gasteiger partial charge in [0, 0.05) is 13.7 Å². The van der Waals surface area contributed by atoms with Crippen LogP contribution in [0.25, 0.3) is 0 Å². The molecular weight excluding hydrogens is 302 g/mol. The van der Waals surface area contributed by atoms with Crippen molar-refractivity contribution in [1.82, 2.24) is 5.32 Å². The molecule has 1 aromatic rings. The molecule has 0 radical (unpaired) electrons. The van der Waals surface area contributed by atoms with Crippen molar-refractivity contribution < 1.29 is 28.9 Å². The van der Waals surface area contributed by atoms with Crippen molar-refractivity contribution in [3.63, 3.8) is 0 Å². The third-order valence-corrected chi connectivity index (χ3v) is 3.89. The summed E-state index contributed by atoms with van der Waals surface area (Å²) in [5.74, 6) is -1.02. The molecule has 7 nitrogen and oxygen atoms in total. The fourth-order valence-electron chi connectivity index (χ4n) is 2.68. The number of carboxylic acids is 1. The predicted molar refractivity (Wildman–Crippen MR) is 81.0 cm³/mol. The number of carbonyl (C=O) groups is 2. The maximum Gasteiger partial charge on any atom is 0.408 e. The van der Waals surface area contributed by atoms with E-state index in [-0.39, 0.29) is 19.6 Å². The van der Waals surface area contributed by atoms with Crippen LogP contribution in [0.4, 0.5) is 4.79 Å². The first-order valence-electron chi connectivity index (χ1n) is 7.37. The minimum Gasteiger partial charge on any atom is -0.481 e. The fraction of sp³-hybridized carbons (Fsp3) is 0.500. The van der Waals surface area contributed by atoms with Gasteiger partial charge in [-0.3, -0.25) is 4.79 Å². The quantitative estimate of drug-likeness (QED) is 0.825. The maximum absolute atomic E-state index is 12.1. The molecule has 1 aliphatic rings. The number of carboxylic acid groups (broad SMARTS) is 1. The molecule has 2 rings (SSSR count). The average Bonchev–Trinajstić information content (AvgIpc) is 2.53. The van der Waals surface area contributed by atoms with Crippen LogP contribution in [0.2, 0.25) is 0 Å². The summed E-state index contributed by atoms with van der Waals surface area (Å²) >= 11 is 0. The summed E-state index contributed by atoms with van der Waals surface area (Å²) in [7, 11) is 1.47. The van der Waals surface area contributed by atoms with Crippen LogP contribution >= 0.6 is 0 Å². The van der Waals surface area contributed by atoms with Gasteiger partial charge in [-0.05, 0) is 12.0 Å². The molecule has 0 spiro atoms.